The quantitative estimate of drug-likeness (QED) is 0.847. The van der Waals surface area contributed by atoms with Gasteiger partial charge in [0.05, 0.1) is 0 Å². The standard InChI is InChI=1S/C17H19N/c1-11-7-8-14(12(2)9-11)17(18)16-10-13-5-3-4-6-15(13)16/h3-9,16-17H,10,18H2,1-2H3. The largest absolute Gasteiger partial charge is 0.323 e. The van der Waals surface area contributed by atoms with Gasteiger partial charge in [0.1, 0.15) is 0 Å². The van der Waals surface area contributed by atoms with Crippen LogP contribution in [0.2, 0.25) is 0 Å². The van der Waals surface area contributed by atoms with Crippen LogP contribution in [0.5, 0.6) is 0 Å². The summed E-state index contributed by atoms with van der Waals surface area (Å²) < 4.78 is 0. The minimum absolute atomic E-state index is 0.125. The van der Waals surface area contributed by atoms with E-state index in [1.54, 1.807) is 0 Å². The maximum atomic E-state index is 6.47. The average Bonchev–Trinajstić information content (AvgIpc) is 2.30. The van der Waals surface area contributed by atoms with Crippen molar-refractivity contribution in [3.05, 3.63) is 70.3 Å². The van der Waals surface area contributed by atoms with E-state index in [0.717, 1.165) is 6.42 Å². The molecule has 0 fully saturated rings. The first-order chi connectivity index (χ1) is 8.66. The second-order valence-corrected chi connectivity index (χ2v) is 5.40. The third-order valence-corrected chi connectivity index (χ3v) is 4.11. The van der Waals surface area contributed by atoms with Gasteiger partial charge < -0.3 is 5.73 Å². The molecule has 0 amide bonds. The van der Waals surface area contributed by atoms with Gasteiger partial charge in [-0.15, -0.1) is 0 Å². The Morgan fingerprint density at radius 3 is 2.61 bits per heavy atom. The molecule has 1 nitrogen and oxygen atoms in total. The Hall–Kier alpha value is -1.60. The van der Waals surface area contributed by atoms with Crippen LogP contribution < -0.4 is 5.73 Å². The van der Waals surface area contributed by atoms with Crippen LogP contribution in [0.4, 0.5) is 0 Å². The lowest BCUT2D eigenvalue weighted by molar-refractivity contribution is 0.498. The number of aryl methyl sites for hydroxylation is 2. The molecule has 2 atom stereocenters. The molecule has 2 aromatic rings. The maximum Gasteiger partial charge on any atom is 0.0370 e. The van der Waals surface area contributed by atoms with Crippen molar-refractivity contribution in [1.82, 2.24) is 0 Å². The minimum Gasteiger partial charge on any atom is -0.323 e. The van der Waals surface area contributed by atoms with Gasteiger partial charge in [0.25, 0.3) is 0 Å². The van der Waals surface area contributed by atoms with E-state index in [2.05, 4.69) is 56.3 Å². The zero-order chi connectivity index (χ0) is 12.7. The first-order valence-electron chi connectivity index (χ1n) is 6.57. The Labute approximate surface area is 109 Å². The molecule has 0 radical (unpaired) electrons. The van der Waals surface area contributed by atoms with Crippen molar-refractivity contribution in [2.45, 2.75) is 32.2 Å². The van der Waals surface area contributed by atoms with E-state index >= 15 is 0 Å². The molecule has 2 aromatic carbocycles. The van der Waals surface area contributed by atoms with Crippen LogP contribution in [0.25, 0.3) is 0 Å². The van der Waals surface area contributed by atoms with Crippen molar-refractivity contribution in [3.63, 3.8) is 0 Å². The molecule has 0 saturated carbocycles. The number of hydrogen-bond acceptors (Lipinski definition) is 1. The molecule has 2 unspecified atom stereocenters. The fourth-order valence-corrected chi connectivity index (χ4v) is 3.03. The van der Waals surface area contributed by atoms with Crippen LogP contribution >= 0.6 is 0 Å². The normalized spacial score (nSPS) is 18.9. The van der Waals surface area contributed by atoms with Gasteiger partial charge in [-0.05, 0) is 42.5 Å². The van der Waals surface area contributed by atoms with E-state index in [-0.39, 0.29) is 6.04 Å². The van der Waals surface area contributed by atoms with Crippen LogP contribution in [0.15, 0.2) is 42.5 Å². The van der Waals surface area contributed by atoms with Gasteiger partial charge in [0.15, 0.2) is 0 Å². The van der Waals surface area contributed by atoms with Gasteiger partial charge in [0, 0.05) is 12.0 Å². The Bertz CT molecular complexity index is 586. The molecule has 0 aliphatic heterocycles. The monoisotopic (exact) mass is 237 g/mol. The van der Waals surface area contributed by atoms with Gasteiger partial charge in [-0.25, -0.2) is 0 Å². The highest BCUT2D eigenvalue weighted by Crippen LogP contribution is 2.42. The summed E-state index contributed by atoms with van der Waals surface area (Å²) >= 11 is 0. The predicted molar refractivity (Wildman–Crippen MR) is 75.7 cm³/mol. The summed E-state index contributed by atoms with van der Waals surface area (Å²) in [5.41, 5.74) is 13.3. The molecule has 0 spiro atoms. The first kappa shape index (κ1) is 11.5. The zero-order valence-electron chi connectivity index (χ0n) is 11.0. The van der Waals surface area contributed by atoms with Gasteiger partial charge in [0.2, 0.25) is 0 Å². The van der Waals surface area contributed by atoms with Crippen LogP contribution in [-0.2, 0) is 6.42 Å². The van der Waals surface area contributed by atoms with Crippen molar-refractivity contribution in [2.75, 3.05) is 0 Å². The molecular formula is C17H19N. The Morgan fingerprint density at radius 1 is 1.11 bits per heavy atom. The van der Waals surface area contributed by atoms with Gasteiger partial charge >= 0.3 is 0 Å². The number of rotatable bonds is 2. The lowest BCUT2D eigenvalue weighted by Gasteiger charge is -2.35. The molecule has 0 heterocycles. The average molecular weight is 237 g/mol. The molecule has 3 rings (SSSR count). The van der Waals surface area contributed by atoms with E-state index in [1.165, 1.54) is 27.8 Å². The molecule has 0 saturated heterocycles. The van der Waals surface area contributed by atoms with Crippen molar-refractivity contribution < 1.29 is 0 Å². The SMILES string of the molecule is Cc1ccc(C(N)C2Cc3ccccc32)c(C)c1. The smallest absolute Gasteiger partial charge is 0.0370 e. The molecule has 0 aromatic heterocycles. The Morgan fingerprint density at radius 2 is 1.89 bits per heavy atom. The number of nitrogens with two attached hydrogens (primary N) is 1. The lowest BCUT2D eigenvalue weighted by atomic mass is 9.71. The van der Waals surface area contributed by atoms with E-state index in [4.69, 9.17) is 5.73 Å². The van der Waals surface area contributed by atoms with Crippen molar-refractivity contribution >= 4 is 0 Å². The summed E-state index contributed by atoms with van der Waals surface area (Å²) in [5, 5.41) is 0. The summed E-state index contributed by atoms with van der Waals surface area (Å²) in [6.07, 6.45) is 1.12. The van der Waals surface area contributed by atoms with Crippen molar-refractivity contribution in [2.24, 2.45) is 5.73 Å². The highest BCUT2D eigenvalue weighted by Gasteiger charge is 2.31. The molecule has 2 N–H and O–H groups in total. The number of fused-ring (bicyclic) bond motifs is 1. The number of benzene rings is 2. The summed E-state index contributed by atoms with van der Waals surface area (Å²) in [6, 6.07) is 15.3. The highest BCUT2D eigenvalue weighted by atomic mass is 14.7. The maximum absolute atomic E-state index is 6.47. The molecule has 18 heavy (non-hydrogen) atoms. The van der Waals surface area contributed by atoms with Crippen LogP contribution in [0.3, 0.4) is 0 Å². The van der Waals surface area contributed by atoms with Crippen LogP contribution in [0.1, 0.15) is 39.8 Å². The molecular weight excluding hydrogens is 218 g/mol. The summed E-state index contributed by atoms with van der Waals surface area (Å²) in [7, 11) is 0. The molecule has 1 heteroatoms. The topological polar surface area (TPSA) is 26.0 Å². The first-order valence-corrected chi connectivity index (χ1v) is 6.57. The minimum atomic E-state index is 0.125. The second kappa shape index (κ2) is 4.25. The van der Waals surface area contributed by atoms with Crippen molar-refractivity contribution in [1.29, 1.82) is 0 Å². The molecule has 0 bridgehead atoms. The Balaban J connectivity index is 1.91. The summed E-state index contributed by atoms with van der Waals surface area (Å²) in [6.45, 7) is 4.29. The van der Waals surface area contributed by atoms with Gasteiger partial charge in [-0.3, -0.25) is 0 Å². The zero-order valence-corrected chi connectivity index (χ0v) is 11.0. The van der Waals surface area contributed by atoms with E-state index in [9.17, 15) is 0 Å². The third-order valence-electron chi connectivity index (χ3n) is 4.11. The molecule has 92 valence electrons. The second-order valence-electron chi connectivity index (χ2n) is 5.40. The van der Waals surface area contributed by atoms with E-state index in [1.807, 2.05) is 0 Å². The molecule has 1 aliphatic carbocycles. The number of hydrogen-bond donors (Lipinski definition) is 1. The van der Waals surface area contributed by atoms with Gasteiger partial charge in [-0.2, -0.15) is 0 Å². The fraction of sp³-hybridized carbons (Fsp3) is 0.294. The fourth-order valence-electron chi connectivity index (χ4n) is 3.03. The van der Waals surface area contributed by atoms with Crippen LogP contribution in [-0.4, -0.2) is 0 Å². The highest BCUT2D eigenvalue weighted by molar-refractivity contribution is 5.44. The Kier molecular flexibility index (Phi) is 2.71. The predicted octanol–water partition coefficient (Wildman–Crippen LogP) is 3.64. The molecule has 1 aliphatic rings. The van der Waals surface area contributed by atoms with E-state index < -0.39 is 0 Å². The van der Waals surface area contributed by atoms with Gasteiger partial charge in [-0.1, -0.05) is 48.0 Å². The van der Waals surface area contributed by atoms with E-state index in [0.29, 0.717) is 5.92 Å². The lowest BCUT2D eigenvalue weighted by Crippen LogP contribution is -2.29. The van der Waals surface area contributed by atoms with Crippen molar-refractivity contribution in [3.8, 4) is 0 Å². The summed E-state index contributed by atoms with van der Waals surface area (Å²) in [5.74, 6) is 0.489. The van der Waals surface area contributed by atoms with Crippen LogP contribution in [0, 0.1) is 13.8 Å². The summed E-state index contributed by atoms with van der Waals surface area (Å²) in [4.78, 5) is 0. The third kappa shape index (κ3) is 1.75.